The second-order valence-electron chi connectivity index (χ2n) is 6.81. The van der Waals surface area contributed by atoms with E-state index in [0.29, 0.717) is 11.8 Å². The smallest absolute Gasteiger partial charge is 0.259 e. The van der Waals surface area contributed by atoms with Crippen LogP contribution in [0.25, 0.3) is 11.5 Å². The second-order valence-corrected chi connectivity index (χ2v) is 6.81. The molecule has 3 rings (SSSR count). The molecule has 1 aliphatic rings. The van der Waals surface area contributed by atoms with Crippen molar-refractivity contribution in [2.45, 2.75) is 71.1 Å². The van der Waals surface area contributed by atoms with E-state index in [-0.39, 0.29) is 0 Å². The Labute approximate surface area is 138 Å². The van der Waals surface area contributed by atoms with Crippen molar-refractivity contribution in [1.82, 2.24) is 15.1 Å². The lowest BCUT2D eigenvalue weighted by atomic mass is 9.79. The van der Waals surface area contributed by atoms with E-state index in [2.05, 4.69) is 22.0 Å². The molecule has 0 unspecified atom stereocenters. The number of nitrogens with zero attached hydrogens (tertiary/aromatic N) is 3. The fraction of sp³-hybridized carbons (Fsp3) is 0.632. The first-order valence-corrected chi connectivity index (χ1v) is 9.03. The lowest BCUT2D eigenvalue weighted by Crippen LogP contribution is -2.14. The van der Waals surface area contributed by atoms with E-state index < -0.39 is 0 Å². The van der Waals surface area contributed by atoms with Gasteiger partial charge in [-0.1, -0.05) is 37.8 Å². The van der Waals surface area contributed by atoms with Gasteiger partial charge in [0.1, 0.15) is 0 Å². The summed E-state index contributed by atoms with van der Waals surface area (Å²) < 4.78 is 5.49. The van der Waals surface area contributed by atoms with Crippen LogP contribution in [-0.2, 0) is 0 Å². The predicted molar refractivity (Wildman–Crippen MR) is 91.1 cm³/mol. The summed E-state index contributed by atoms with van der Waals surface area (Å²) in [5.74, 6) is 2.86. The summed E-state index contributed by atoms with van der Waals surface area (Å²) in [6, 6.07) is 3.90. The normalized spacial score (nSPS) is 21.5. The van der Waals surface area contributed by atoms with Crippen molar-refractivity contribution >= 4 is 0 Å². The van der Waals surface area contributed by atoms with Crippen LogP contribution < -0.4 is 0 Å². The molecule has 2 heterocycles. The maximum atomic E-state index is 5.49. The molecule has 0 atom stereocenters. The third kappa shape index (κ3) is 3.98. The molecule has 0 spiro atoms. The van der Waals surface area contributed by atoms with Gasteiger partial charge in [0.25, 0.3) is 5.89 Å². The Morgan fingerprint density at radius 2 is 2.00 bits per heavy atom. The second kappa shape index (κ2) is 7.71. The maximum absolute atomic E-state index is 5.49. The molecule has 1 saturated carbocycles. The number of unbranched alkanes of at least 4 members (excludes halogenated alkanes) is 2. The van der Waals surface area contributed by atoms with Gasteiger partial charge in [0.05, 0.1) is 5.56 Å². The summed E-state index contributed by atoms with van der Waals surface area (Å²) in [5, 5.41) is 4.24. The maximum Gasteiger partial charge on any atom is 0.259 e. The third-order valence-corrected chi connectivity index (χ3v) is 5.11. The van der Waals surface area contributed by atoms with Gasteiger partial charge in [-0.3, -0.25) is 4.98 Å². The number of rotatable bonds is 6. The first kappa shape index (κ1) is 16.2. The van der Waals surface area contributed by atoms with Crippen molar-refractivity contribution in [3.8, 4) is 11.5 Å². The zero-order chi connectivity index (χ0) is 16.1. The average Bonchev–Trinajstić information content (AvgIpc) is 3.06. The zero-order valence-corrected chi connectivity index (χ0v) is 14.3. The predicted octanol–water partition coefficient (Wildman–Crippen LogP) is 5.29. The molecule has 0 N–H and O–H groups in total. The molecule has 124 valence electrons. The molecule has 2 aromatic heterocycles. The van der Waals surface area contributed by atoms with Crippen LogP contribution in [0.1, 0.15) is 75.7 Å². The average molecular weight is 313 g/mol. The molecule has 0 bridgehead atoms. The zero-order valence-electron chi connectivity index (χ0n) is 14.3. The Morgan fingerprint density at radius 1 is 1.17 bits per heavy atom. The van der Waals surface area contributed by atoms with Crippen molar-refractivity contribution in [2.24, 2.45) is 5.92 Å². The Kier molecular flexibility index (Phi) is 5.42. The Morgan fingerprint density at radius 3 is 2.74 bits per heavy atom. The lowest BCUT2D eigenvalue weighted by Gasteiger charge is -2.26. The van der Waals surface area contributed by atoms with Crippen LogP contribution in [-0.4, -0.2) is 15.1 Å². The van der Waals surface area contributed by atoms with E-state index >= 15 is 0 Å². The van der Waals surface area contributed by atoms with Gasteiger partial charge in [0.15, 0.2) is 5.82 Å². The Balaban J connectivity index is 1.59. The largest absolute Gasteiger partial charge is 0.334 e. The summed E-state index contributed by atoms with van der Waals surface area (Å²) in [7, 11) is 0. The molecule has 0 aromatic carbocycles. The molecule has 4 nitrogen and oxygen atoms in total. The minimum absolute atomic E-state index is 0.465. The van der Waals surface area contributed by atoms with Crippen LogP contribution in [0.5, 0.6) is 0 Å². The van der Waals surface area contributed by atoms with Crippen LogP contribution in [0.2, 0.25) is 0 Å². The number of aromatic nitrogens is 3. The molecular formula is C19H27N3O. The molecule has 1 fully saturated rings. The molecule has 23 heavy (non-hydrogen) atoms. The van der Waals surface area contributed by atoms with Crippen molar-refractivity contribution < 1.29 is 4.52 Å². The monoisotopic (exact) mass is 313 g/mol. The quantitative estimate of drug-likeness (QED) is 0.679. The van der Waals surface area contributed by atoms with Gasteiger partial charge < -0.3 is 4.52 Å². The van der Waals surface area contributed by atoms with E-state index in [0.717, 1.165) is 23.0 Å². The van der Waals surface area contributed by atoms with Gasteiger partial charge in [0.2, 0.25) is 0 Å². The van der Waals surface area contributed by atoms with E-state index in [1.807, 2.05) is 19.1 Å². The SMILES string of the molecule is CCCCC[C@H]1CC[C@H](c2noc(-c3cccnc3C)n2)CC1. The fourth-order valence-corrected chi connectivity index (χ4v) is 3.61. The number of hydrogen-bond donors (Lipinski definition) is 0. The lowest BCUT2D eigenvalue weighted by molar-refractivity contribution is 0.292. The molecule has 1 aliphatic carbocycles. The number of pyridine rings is 1. The van der Waals surface area contributed by atoms with Crippen molar-refractivity contribution in [1.29, 1.82) is 0 Å². The third-order valence-electron chi connectivity index (χ3n) is 5.11. The summed E-state index contributed by atoms with van der Waals surface area (Å²) in [4.78, 5) is 8.94. The van der Waals surface area contributed by atoms with Crippen molar-refractivity contribution in [2.75, 3.05) is 0 Å². The first-order valence-electron chi connectivity index (χ1n) is 9.03. The minimum Gasteiger partial charge on any atom is -0.334 e. The van der Waals surface area contributed by atoms with Gasteiger partial charge in [-0.2, -0.15) is 4.98 Å². The first-order chi connectivity index (χ1) is 11.3. The molecule has 0 amide bonds. The minimum atomic E-state index is 0.465. The summed E-state index contributed by atoms with van der Waals surface area (Å²) in [6.45, 7) is 4.25. The Bertz CT molecular complexity index is 615. The van der Waals surface area contributed by atoms with Gasteiger partial charge in [0, 0.05) is 17.8 Å². The van der Waals surface area contributed by atoms with E-state index in [1.54, 1.807) is 6.20 Å². The van der Waals surface area contributed by atoms with Crippen LogP contribution >= 0.6 is 0 Å². The highest BCUT2D eigenvalue weighted by molar-refractivity contribution is 5.55. The summed E-state index contributed by atoms with van der Waals surface area (Å²) >= 11 is 0. The van der Waals surface area contributed by atoms with Crippen molar-refractivity contribution in [3.63, 3.8) is 0 Å². The molecule has 0 radical (unpaired) electrons. The van der Waals surface area contributed by atoms with E-state index in [4.69, 9.17) is 4.52 Å². The van der Waals surface area contributed by atoms with E-state index in [1.165, 1.54) is 51.4 Å². The van der Waals surface area contributed by atoms with Gasteiger partial charge in [-0.15, -0.1) is 0 Å². The molecule has 2 aromatic rings. The van der Waals surface area contributed by atoms with Crippen molar-refractivity contribution in [3.05, 3.63) is 29.8 Å². The highest BCUT2D eigenvalue weighted by Crippen LogP contribution is 2.37. The summed E-state index contributed by atoms with van der Waals surface area (Å²) in [5.41, 5.74) is 1.88. The Hall–Kier alpha value is -1.71. The van der Waals surface area contributed by atoms with E-state index in [9.17, 15) is 0 Å². The molecule has 0 aliphatic heterocycles. The summed E-state index contributed by atoms with van der Waals surface area (Å²) in [6.07, 6.45) is 12.3. The fourth-order valence-electron chi connectivity index (χ4n) is 3.61. The number of aryl methyl sites for hydroxylation is 1. The van der Waals surface area contributed by atoms with Crippen LogP contribution in [0.3, 0.4) is 0 Å². The molecule has 0 saturated heterocycles. The molecular weight excluding hydrogens is 286 g/mol. The molecule has 4 heteroatoms. The highest BCUT2D eigenvalue weighted by Gasteiger charge is 2.26. The van der Waals surface area contributed by atoms with Crippen LogP contribution in [0.15, 0.2) is 22.9 Å². The van der Waals surface area contributed by atoms with Gasteiger partial charge in [-0.05, 0) is 50.7 Å². The standard InChI is InChI=1S/C19H27N3O/c1-3-4-5-7-15-9-11-16(12-10-15)18-21-19(23-22-18)17-8-6-13-20-14(17)2/h6,8,13,15-16H,3-5,7,9-12H2,1-2H3/t15-,16-. The van der Waals surface area contributed by atoms with Gasteiger partial charge in [-0.25, -0.2) is 0 Å². The van der Waals surface area contributed by atoms with Crippen LogP contribution in [0.4, 0.5) is 0 Å². The van der Waals surface area contributed by atoms with Crippen LogP contribution in [0, 0.1) is 12.8 Å². The van der Waals surface area contributed by atoms with Gasteiger partial charge >= 0.3 is 0 Å². The number of hydrogen-bond acceptors (Lipinski definition) is 4. The topological polar surface area (TPSA) is 51.8 Å². The highest BCUT2D eigenvalue weighted by atomic mass is 16.5.